The first kappa shape index (κ1) is 24.5. The molecule has 9 nitrogen and oxygen atoms in total. The van der Waals surface area contributed by atoms with Crippen LogP contribution in [0.2, 0.25) is 0 Å². The van der Waals surface area contributed by atoms with Crippen molar-refractivity contribution in [2.75, 3.05) is 26.0 Å². The van der Waals surface area contributed by atoms with Crippen LogP contribution in [-0.4, -0.2) is 63.3 Å². The Kier molecular flexibility index (Phi) is 9.03. The summed E-state index contributed by atoms with van der Waals surface area (Å²) in [6.45, 7) is 9.71. The second kappa shape index (κ2) is 10.3. The third-order valence-electron chi connectivity index (χ3n) is 4.40. The normalized spacial score (nSPS) is 20.4. The van der Waals surface area contributed by atoms with Gasteiger partial charge in [0, 0.05) is 38.1 Å². The van der Waals surface area contributed by atoms with E-state index in [9.17, 15) is 18.6 Å². The third kappa shape index (κ3) is 8.24. The molecule has 1 aliphatic heterocycles. The van der Waals surface area contributed by atoms with E-state index in [0.29, 0.717) is 18.8 Å². The predicted octanol–water partition coefficient (Wildman–Crippen LogP) is 0.239. The van der Waals surface area contributed by atoms with Gasteiger partial charge in [-0.15, -0.1) is 0 Å². The summed E-state index contributed by atoms with van der Waals surface area (Å²) >= 11 is 0. The van der Waals surface area contributed by atoms with Crippen molar-refractivity contribution in [3.8, 4) is 0 Å². The maximum atomic E-state index is 12.2. The molecule has 0 saturated carbocycles. The summed E-state index contributed by atoms with van der Waals surface area (Å²) in [5.74, 6) is -0.463. The van der Waals surface area contributed by atoms with E-state index in [1.54, 1.807) is 14.0 Å². The number of amides is 3. The van der Waals surface area contributed by atoms with Crippen molar-refractivity contribution in [2.45, 2.75) is 65.0 Å². The minimum absolute atomic E-state index is 0.101. The quantitative estimate of drug-likeness (QED) is 0.414. The zero-order valence-electron chi connectivity index (χ0n) is 17.7. The summed E-state index contributed by atoms with van der Waals surface area (Å²) in [5.41, 5.74) is 3.95. The van der Waals surface area contributed by atoms with Gasteiger partial charge in [-0.05, 0) is 34.1 Å². The molecule has 162 valence electrons. The number of rotatable bonds is 11. The van der Waals surface area contributed by atoms with Crippen LogP contribution in [0, 0.1) is 5.92 Å². The molecule has 28 heavy (non-hydrogen) atoms. The Balaban J connectivity index is 2.38. The van der Waals surface area contributed by atoms with Gasteiger partial charge >= 0.3 is 0 Å². The Bertz CT molecular complexity index is 609. The first-order valence-corrected chi connectivity index (χ1v) is 10.7. The van der Waals surface area contributed by atoms with Gasteiger partial charge in [0.15, 0.2) is 0 Å². The number of ether oxygens (including phenoxy) is 1. The van der Waals surface area contributed by atoms with Crippen molar-refractivity contribution in [3.05, 3.63) is 0 Å². The van der Waals surface area contributed by atoms with E-state index in [4.69, 9.17) is 4.74 Å². The second-order valence-corrected chi connectivity index (χ2v) is 9.76. The summed E-state index contributed by atoms with van der Waals surface area (Å²) in [6.07, 6.45) is 0.867. The van der Waals surface area contributed by atoms with Gasteiger partial charge in [-0.1, -0.05) is 6.92 Å². The number of hydrogen-bond donors (Lipinski definition) is 3. The number of hydrogen-bond acceptors (Lipinski definition) is 6. The summed E-state index contributed by atoms with van der Waals surface area (Å²) in [6, 6.07) is 0. The average Bonchev–Trinajstić information content (AvgIpc) is 2.76. The molecule has 0 aromatic rings. The van der Waals surface area contributed by atoms with E-state index in [1.165, 1.54) is 4.31 Å². The first-order chi connectivity index (χ1) is 12.9. The Morgan fingerprint density at radius 1 is 1.25 bits per heavy atom. The van der Waals surface area contributed by atoms with Crippen LogP contribution in [-0.2, 0) is 30.1 Å². The monoisotopic (exact) mass is 418 g/mol. The van der Waals surface area contributed by atoms with Crippen LogP contribution in [0.3, 0.4) is 0 Å². The molecule has 3 N–H and O–H groups in total. The fourth-order valence-electron chi connectivity index (χ4n) is 2.84. The minimum Gasteiger partial charge on any atom is -0.375 e. The Morgan fingerprint density at radius 3 is 2.43 bits per heavy atom. The predicted molar refractivity (Wildman–Crippen MR) is 107 cm³/mol. The molecule has 0 aromatic heterocycles. The molecule has 0 aromatic carbocycles. The Morgan fingerprint density at radius 2 is 1.89 bits per heavy atom. The molecule has 1 heterocycles. The number of nitrogens with one attached hydrogen (secondary N) is 3. The molecule has 10 heteroatoms. The highest BCUT2D eigenvalue weighted by atomic mass is 32.2. The maximum absolute atomic E-state index is 12.2. The minimum atomic E-state index is -1.34. The van der Waals surface area contributed by atoms with Gasteiger partial charge in [0.1, 0.15) is 11.0 Å². The first-order valence-electron chi connectivity index (χ1n) is 9.47. The fourth-order valence-corrected chi connectivity index (χ4v) is 4.27. The maximum Gasteiger partial charge on any atom is 0.238 e. The Hall–Kier alpha value is -1.52. The van der Waals surface area contributed by atoms with E-state index in [1.807, 2.05) is 27.7 Å². The lowest BCUT2D eigenvalue weighted by Gasteiger charge is -2.30. The van der Waals surface area contributed by atoms with Crippen LogP contribution in [0.4, 0.5) is 0 Å². The van der Waals surface area contributed by atoms with Crippen LogP contribution in [0.5, 0.6) is 0 Å². The van der Waals surface area contributed by atoms with Crippen molar-refractivity contribution >= 4 is 28.7 Å². The molecular formula is C18H34N4O5S. The largest absolute Gasteiger partial charge is 0.375 e. The number of hydrazine groups is 1. The van der Waals surface area contributed by atoms with Crippen molar-refractivity contribution in [2.24, 2.45) is 5.92 Å². The molecule has 1 aliphatic rings. The van der Waals surface area contributed by atoms with E-state index in [0.717, 1.165) is 0 Å². The number of carbonyl (C=O) groups excluding carboxylic acids is 3. The van der Waals surface area contributed by atoms with Crippen molar-refractivity contribution in [1.82, 2.24) is 20.5 Å². The van der Waals surface area contributed by atoms with E-state index >= 15 is 0 Å². The highest BCUT2D eigenvalue weighted by Crippen LogP contribution is 2.19. The molecule has 2 atom stereocenters. The lowest BCUT2D eigenvalue weighted by molar-refractivity contribution is -0.129. The summed E-state index contributed by atoms with van der Waals surface area (Å²) in [5, 5.41) is 2.92. The SMILES string of the molecule is CNNC(=O)CC(C)(C)OCCC(C)(C)NC(=O)CCN1C(=O)C(C)CS1=O. The van der Waals surface area contributed by atoms with E-state index < -0.39 is 22.1 Å². The fraction of sp³-hybridized carbons (Fsp3) is 0.833. The lowest BCUT2D eigenvalue weighted by atomic mass is 10.00. The summed E-state index contributed by atoms with van der Waals surface area (Å²) in [7, 11) is 0.285. The average molecular weight is 419 g/mol. The van der Waals surface area contributed by atoms with Gasteiger partial charge in [-0.2, -0.15) is 0 Å². The summed E-state index contributed by atoms with van der Waals surface area (Å²) < 4.78 is 19.0. The van der Waals surface area contributed by atoms with Crippen LogP contribution in [0.1, 0.15) is 53.9 Å². The Labute approximate surface area is 169 Å². The molecule has 3 amide bonds. The van der Waals surface area contributed by atoms with Crippen LogP contribution < -0.4 is 16.2 Å². The third-order valence-corrected chi connectivity index (χ3v) is 6.04. The van der Waals surface area contributed by atoms with E-state index in [2.05, 4.69) is 16.2 Å². The zero-order valence-corrected chi connectivity index (χ0v) is 18.5. The van der Waals surface area contributed by atoms with Gasteiger partial charge in [-0.25, -0.2) is 9.63 Å². The number of carbonyl (C=O) groups is 3. The van der Waals surface area contributed by atoms with Crippen molar-refractivity contribution in [1.29, 1.82) is 0 Å². The van der Waals surface area contributed by atoms with Gasteiger partial charge in [0.05, 0.1) is 17.8 Å². The van der Waals surface area contributed by atoms with Gasteiger partial charge in [0.2, 0.25) is 17.7 Å². The molecule has 0 bridgehead atoms. The van der Waals surface area contributed by atoms with Gasteiger partial charge in [0.25, 0.3) is 0 Å². The van der Waals surface area contributed by atoms with Crippen LogP contribution in [0.15, 0.2) is 0 Å². The molecule has 1 fully saturated rings. The standard InChI is InChI=1S/C18H34N4O5S/c1-13-12-28(26)22(16(13)25)9-7-14(23)20-17(2,3)8-10-27-18(4,5)11-15(24)21-19-6/h13,19H,7-12H2,1-6H3,(H,20,23)(H,21,24). The van der Waals surface area contributed by atoms with Crippen LogP contribution in [0.25, 0.3) is 0 Å². The molecule has 1 rings (SSSR count). The van der Waals surface area contributed by atoms with E-state index in [-0.39, 0.29) is 43.0 Å². The number of nitrogens with zero attached hydrogens (tertiary/aromatic N) is 1. The molecule has 2 unspecified atom stereocenters. The molecule has 0 aliphatic carbocycles. The second-order valence-electron chi connectivity index (χ2n) is 8.34. The highest BCUT2D eigenvalue weighted by molar-refractivity contribution is 7.83. The topological polar surface area (TPSA) is 117 Å². The molecular weight excluding hydrogens is 384 g/mol. The molecule has 0 spiro atoms. The smallest absolute Gasteiger partial charge is 0.238 e. The molecule has 1 saturated heterocycles. The van der Waals surface area contributed by atoms with Crippen molar-refractivity contribution in [3.63, 3.8) is 0 Å². The molecule has 0 radical (unpaired) electrons. The summed E-state index contributed by atoms with van der Waals surface area (Å²) in [4.78, 5) is 35.8. The van der Waals surface area contributed by atoms with Gasteiger partial charge in [-0.3, -0.25) is 24.1 Å². The lowest BCUT2D eigenvalue weighted by Crippen LogP contribution is -2.46. The highest BCUT2D eigenvalue weighted by Gasteiger charge is 2.35. The zero-order chi connectivity index (χ0) is 21.5. The van der Waals surface area contributed by atoms with Crippen LogP contribution >= 0.6 is 0 Å². The van der Waals surface area contributed by atoms with Gasteiger partial charge < -0.3 is 10.1 Å². The van der Waals surface area contributed by atoms with Crippen molar-refractivity contribution < 1.29 is 23.3 Å².